The van der Waals surface area contributed by atoms with Crippen molar-refractivity contribution in [1.29, 1.82) is 0 Å². The van der Waals surface area contributed by atoms with Crippen LogP contribution in [0.1, 0.15) is 18.1 Å². The van der Waals surface area contributed by atoms with Crippen molar-refractivity contribution >= 4 is 29.9 Å². The lowest BCUT2D eigenvalue weighted by molar-refractivity contribution is -0.153. The van der Waals surface area contributed by atoms with Crippen LogP contribution in [-0.2, 0) is 13.0 Å². The van der Waals surface area contributed by atoms with Gasteiger partial charge in [0.1, 0.15) is 5.75 Å². The molecule has 6 nitrogen and oxygen atoms in total. The minimum absolute atomic E-state index is 0. The number of nitrogens with zero attached hydrogens (tertiary/aromatic N) is 1. The van der Waals surface area contributed by atoms with Gasteiger partial charge in [0.15, 0.2) is 24.1 Å². The Bertz CT molecular complexity index is 831. The highest BCUT2D eigenvalue weighted by Crippen LogP contribution is 2.29. The molecular formula is C21H27F3IN3O3. The Morgan fingerprint density at radius 2 is 1.81 bits per heavy atom. The van der Waals surface area contributed by atoms with Crippen molar-refractivity contribution in [2.75, 3.05) is 26.8 Å². The van der Waals surface area contributed by atoms with Crippen LogP contribution >= 0.6 is 24.0 Å². The third kappa shape index (κ3) is 9.53. The highest BCUT2D eigenvalue weighted by atomic mass is 127. The molecule has 0 spiro atoms. The van der Waals surface area contributed by atoms with E-state index < -0.39 is 12.8 Å². The third-order valence-electron chi connectivity index (χ3n) is 4.08. The second-order valence-corrected chi connectivity index (χ2v) is 6.39. The van der Waals surface area contributed by atoms with E-state index in [1.54, 1.807) is 18.2 Å². The van der Waals surface area contributed by atoms with E-state index in [1.165, 1.54) is 19.2 Å². The van der Waals surface area contributed by atoms with E-state index in [0.717, 1.165) is 11.1 Å². The Hall–Kier alpha value is -2.37. The maximum atomic E-state index is 12.2. The van der Waals surface area contributed by atoms with Gasteiger partial charge in [0.2, 0.25) is 0 Å². The number of alkyl halides is 3. The van der Waals surface area contributed by atoms with Crippen molar-refractivity contribution in [3.8, 4) is 17.2 Å². The Morgan fingerprint density at radius 1 is 1.10 bits per heavy atom. The lowest BCUT2D eigenvalue weighted by atomic mass is 10.1. The number of para-hydroxylation sites is 1. The van der Waals surface area contributed by atoms with Crippen LogP contribution in [0, 0.1) is 0 Å². The molecule has 3 N–H and O–H groups in total. The van der Waals surface area contributed by atoms with Crippen LogP contribution in [0.4, 0.5) is 13.2 Å². The zero-order valence-corrected chi connectivity index (χ0v) is 19.7. The molecule has 0 heterocycles. The van der Waals surface area contributed by atoms with Crippen LogP contribution in [0.3, 0.4) is 0 Å². The molecule has 0 saturated carbocycles. The molecular weight excluding hydrogens is 526 g/mol. The predicted octanol–water partition coefficient (Wildman–Crippen LogP) is 4.26. The maximum absolute atomic E-state index is 12.2. The molecule has 172 valence electrons. The van der Waals surface area contributed by atoms with Crippen molar-refractivity contribution < 1.29 is 27.8 Å². The maximum Gasteiger partial charge on any atom is 0.422 e. The van der Waals surface area contributed by atoms with Crippen LogP contribution in [0.2, 0.25) is 0 Å². The molecule has 0 saturated heterocycles. The summed E-state index contributed by atoms with van der Waals surface area (Å²) in [6, 6.07) is 11.7. The minimum Gasteiger partial charge on any atom is -0.504 e. The van der Waals surface area contributed by atoms with E-state index >= 15 is 0 Å². The highest BCUT2D eigenvalue weighted by Gasteiger charge is 2.28. The fraction of sp³-hybridized carbons (Fsp3) is 0.381. The SMILES string of the molecule is CCNC(=NCc1ccc(OCC(F)(F)F)cc1)NCCc1cccc(OC)c1O.I. The number of halogens is 4. The number of rotatable bonds is 9. The summed E-state index contributed by atoms with van der Waals surface area (Å²) in [4.78, 5) is 4.47. The molecule has 0 aromatic heterocycles. The molecule has 2 aromatic carbocycles. The fourth-order valence-electron chi connectivity index (χ4n) is 2.62. The molecule has 0 radical (unpaired) electrons. The van der Waals surface area contributed by atoms with Crippen molar-refractivity contribution in [2.24, 2.45) is 4.99 Å². The van der Waals surface area contributed by atoms with E-state index in [1.807, 2.05) is 19.1 Å². The summed E-state index contributed by atoms with van der Waals surface area (Å²) in [6.07, 6.45) is -3.80. The van der Waals surface area contributed by atoms with Crippen LogP contribution < -0.4 is 20.1 Å². The second kappa shape index (κ2) is 13.1. The van der Waals surface area contributed by atoms with E-state index in [-0.39, 0.29) is 35.5 Å². The Balaban J connectivity index is 0.00000480. The van der Waals surface area contributed by atoms with Gasteiger partial charge < -0.3 is 25.2 Å². The number of phenolic OH excluding ortho intramolecular Hbond substituents is 1. The smallest absolute Gasteiger partial charge is 0.422 e. The van der Waals surface area contributed by atoms with Gasteiger partial charge >= 0.3 is 6.18 Å². The Kier molecular flexibility index (Phi) is 11.3. The molecule has 2 aromatic rings. The summed E-state index contributed by atoms with van der Waals surface area (Å²) in [7, 11) is 1.50. The zero-order chi connectivity index (χ0) is 22.0. The molecule has 0 aliphatic rings. The van der Waals surface area contributed by atoms with Gasteiger partial charge in [0.05, 0.1) is 13.7 Å². The fourth-order valence-corrected chi connectivity index (χ4v) is 2.62. The Labute approximate surface area is 196 Å². The first-order valence-corrected chi connectivity index (χ1v) is 9.48. The number of nitrogens with one attached hydrogen (secondary N) is 2. The molecule has 0 fully saturated rings. The number of hydrogen-bond acceptors (Lipinski definition) is 4. The largest absolute Gasteiger partial charge is 0.504 e. The van der Waals surface area contributed by atoms with Crippen molar-refractivity contribution in [2.45, 2.75) is 26.1 Å². The van der Waals surface area contributed by atoms with Crippen molar-refractivity contribution in [3.63, 3.8) is 0 Å². The third-order valence-corrected chi connectivity index (χ3v) is 4.08. The number of guanidine groups is 1. The minimum atomic E-state index is -4.36. The summed E-state index contributed by atoms with van der Waals surface area (Å²) >= 11 is 0. The molecule has 0 bridgehead atoms. The number of aliphatic imine (C=N–C) groups is 1. The lowest BCUT2D eigenvalue weighted by Gasteiger charge is -2.13. The van der Waals surface area contributed by atoms with Crippen molar-refractivity contribution in [3.05, 3.63) is 53.6 Å². The van der Waals surface area contributed by atoms with Gasteiger partial charge in [-0.25, -0.2) is 4.99 Å². The van der Waals surface area contributed by atoms with Gasteiger partial charge in [-0.05, 0) is 42.7 Å². The zero-order valence-electron chi connectivity index (χ0n) is 17.3. The molecule has 31 heavy (non-hydrogen) atoms. The van der Waals surface area contributed by atoms with E-state index in [0.29, 0.717) is 37.8 Å². The van der Waals surface area contributed by atoms with Gasteiger partial charge in [-0.2, -0.15) is 13.2 Å². The number of aromatic hydroxyl groups is 1. The molecule has 2 rings (SSSR count). The average Bonchev–Trinajstić information content (AvgIpc) is 2.72. The molecule has 10 heteroatoms. The second-order valence-electron chi connectivity index (χ2n) is 6.39. The molecule has 0 unspecified atom stereocenters. The van der Waals surface area contributed by atoms with Crippen LogP contribution in [0.15, 0.2) is 47.5 Å². The first kappa shape index (κ1) is 26.7. The standard InChI is InChI=1S/C21H26F3N3O3.HI/c1-3-25-20(26-12-11-16-5-4-6-18(29-2)19(16)28)27-13-15-7-9-17(10-8-15)30-14-21(22,23)24;/h4-10,28H,3,11-14H2,1-2H3,(H2,25,26,27);1H. The normalized spacial score (nSPS) is 11.5. The molecule has 0 aliphatic carbocycles. The predicted molar refractivity (Wildman–Crippen MR) is 125 cm³/mol. The monoisotopic (exact) mass is 553 g/mol. The number of phenols is 1. The van der Waals surface area contributed by atoms with Gasteiger partial charge in [-0.1, -0.05) is 24.3 Å². The van der Waals surface area contributed by atoms with Crippen LogP contribution in [0.25, 0.3) is 0 Å². The number of hydrogen-bond donors (Lipinski definition) is 3. The van der Waals surface area contributed by atoms with E-state index in [2.05, 4.69) is 15.6 Å². The summed E-state index contributed by atoms with van der Waals surface area (Å²) in [5.74, 6) is 1.30. The lowest BCUT2D eigenvalue weighted by Crippen LogP contribution is -2.38. The number of methoxy groups -OCH3 is 1. The van der Waals surface area contributed by atoms with Crippen molar-refractivity contribution in [1.82, 2.24) is 10.6 Å². The molecule has 0 amide bonds. The molecule has 0 aliphatic heterocycles. The highest BCUT2D eigenvalue weighted by molar-refractivity contribution is 14.0. The number of benzene rings is 2. The summed E-state index contributed by atoms with van der Waals surface area (Å²) in [6.45, 7) is 2.18. The summed E-state index contributed by atoms with van der Waals surface area (Å²) in [5.41, 5.74) is 1.59. The summed E-state index contributed by atoms with van der Waals surface area (Å²) < 4.78 is 46.4. The van der Waals surface area contributed by atoms with E-state index in [4.69, 9.17) is 9.47 Å². The number of ether oxygens (including phenoxy) is 2. The molecule has 0 atom stereocenters. The first-order chi connectivity index (χ1) is 14.3. The van der Waals surface area contributed by atoms with E-state index in [9.17, 15) is 18.3 Å². The topological polar surface area (TPSA) is 75.1 Å². The average molecular weight is 553 g/mol. The van der Waals surface area contributed by atoms with Crippen LogP contribution in [-0.4, -0.2) is 44.0 Å². The van der Waals surface area contributed by atoms with Gasteiger partial charge in [0, 0.05) is 13.1 Å². The van der Waals surface area contributed by atoms with Gasteiger partial charge in [-0.15, -0.1) is 24.0 Å². The quantitative estimate of drug-likeness (QED) is 0.246. The van der Waals surface area contributed by atoms with Gasteiger partial charge in [-0.3, -0.25) is 0 Å². The van der Waals surface area contributed by atoms with Gasteiger partial charge in [0.25, 0.3) is 0 Å². The summed E-state index contributed by atoms with van der Waals surface area (Å²) in [5, 5.41) is 16.5. The van der Waals surface area contributed by atoms with Crippen LogP contribution in [0.5, 0.6) is 17.2 Å². The Morgan fingerprint density at radius 3 is 2.42 bits per heavy atom. The first-order valence-electron chi connectivity index (χ1n) is 9.48.